The minimum atomic E-state index is -0.768. The SMILES string of the molecule is COc1c(N2CCC[C@@]2([SiH3])CC#N)cc(C(=O)Nc2nnc(N/C(C)=C\C=N)s2)oc1=O. The number of nitriles is 1. The van der Waals surface area contributed by atoms with Crippen LogP contribution in [0.15, 0.2) is 27.1 Å². The monoisotopic (exact) mass is 473 g/mol. The van der Waals surface area contributed by atoms with Crippen LogP contribution in [0.5, 0.6) is 5.75 Å². The summed E-state index contributed by atoms with van der Waals surface area (Å²) < 4.78 is 10.5. The molecule has 1 saturated heterocycles. The summed E-state index contributed by atoms with van der Waals surface area (Å²) in [6.07, 6.45) is 4.73. The molecular formula is C19H23N7O4SSi. The van der Waals surface area contributed by atoms with E-state index in [0.29, 0.717) is 39.7 Å². The molecule has 0 saturated carbocycles. The number of hydrogen-bond acceptors (Lipinski definition) is 11. The van der Waals surface area contributed by atoms with Crippen molar-refractivity contribution in [1.82, 2.24) is 10.2 Å². The molecule has 1 fully saturated rings. The van der Waals surface area contributed by atoms with Crippen molar-refractivity contribution < 1.29 is 13.9 Å². The third-order valence-electron chi connectivity index (χ3n) is 5.10. The fraction of sp³-hybridized carbons (Fsp3) is 0.368. The van der Waals surface area contributed by atoms with E-state index in [0.717, 1.165) is 30.4 Å². The van der Waals surface area contributed by atoms with E-state index in [9.17, 15) is 14.9 Å². The Morgan fingerprint density at radius 3 is 2.88 bits per heavy atom. The zero-order valence-corrected chi connectivity index (χ0v) is 20.7. The zero-order valence-electron chi connectivity index (χ0n) is 17.9. The first-order chi connectivity index (χ1) is 15.3. The minimum absolute atomic E-state index is 0.0116. The second-order valence-electron chi connectivity index (χ2n) is 7.41. The molecule has 0 bridgehead atoms. The number of carbonyl (C=O) groups is 1. The van der Waals surface area contributed by atoms with E-state index in [2.05, 4.69) is 26.9 Å². The van der Waals surface area contributed by atoms with Crippen molar-refractivity contribution in [2.75, 3.05) is 29.2 Å². The van der Waals surface area contributed by atoms with Crippen LogP contribution in [0.1, 0.15) is 36.7 Å². The van der Waals surface area contributed by atoms with Crippen molar-refractivity contribution in [3.63, 3.8) is 0 Å². The van der Waals surface area contributed by atoms with Gasteiger partial charge in [0.05, 0.1) is 25.3 Å². The van der Waals surface area contributed by atoms with Gasteiger partial charge >= 0.3 is 5.63 Å². The molecule has 1 aliphatic rings. The molecule has 0 radical (unpaired) electrons. The number of aromatic nitrogens is 2. The maximum atomic E-state index is 12.8. The number of anilines is 3. The van der Waals surface area contributed by atoms with Crippen molar-refractivity contribution in [1.29, 1.82) is 10.7 Å². The van der Waals surface area contributed by atoms with Crippen molar-refractivity contribution >= 4 is 49.7 Å². The van der Waals surface area contributed by atoms with E-state index in [1.54, 1.807) is 13.0 Å². The molecule has 2 aromatic rings. The molecule has 0 aromatic carbocycles. The molecule has 11 nitrogen and oxygen atoms in total. The number of hydrogen-bond donors (Lipinski definition) is 3. The van der Waals surface area contributed by atoms with Gasteiger partial charge in [-0.05, 0) is 25.8 Å². The number of nitrogens with one attached hydrogen (secondary N) is 3. The smallest absolute Gasteiger partial charge is 0.381 e. The first-order valence-corrected chi connectivity index (χ1v) is 11.6. The fourth-order valence-electron chi connectivity index (χ4n) is 3.58. The summed E-state index contributed by atoms with van der Waals surface area (Å²) in [7, 11) is 2.08. The molecule has 1 atom stereocenters. The third kappa shape index (κ3) is 4.87. The standard InChI is InChI=1S/C19H23N7O4SSi/c1-11(4-7-20)22-17-24-25-18(31-17)23-15(27)13-10-12(14(29-2)16(28)30-13)26-9-3-5-19(26,32)6-8-21/h4,7,10,20H,3,5-6,9H2,1-2,32H3,(H,22,24)(H,23,25,27)/b11-4-,20-7?/t19-/m1/s1. The molecule has 0 aliphatic carbocycles. The normalized spacial score (nSPS) is 18.3. The predicted octanol–water partition coefficient (Wildman–Crippen LogP) is 1.29. The van der Waals surface area contributed by atoms with Crippen molar-refractivity contribution in [2.45, 2.75) is 31.3 Å². The fourth-order valence-corrected chi connectivity index (χ4v) is 5.26. The number of rotatable bonds is 8. The van der Waals surface area contributed by atoms with Crippen LogP contribution in [0.4, 0.5) is 16.0 Å². The molecule has 1 amide bonds. The Kier molecular flexibility index (Phi) is 7.06. The van der Waals surface area contributed by atoms with Crippen LogP contribution < -0.4 is 25.9 Å². The van der Waals surface area contributed by atoms with Gasteiger partial charge in [-0.1, -0.05) is 11.3 Å². The Morgan fingerprint density at radius 2 is 2.22 bits per heavy atom. The van der Waals surface area contributed by atoms with Crippen molar-refractivity contribution in [2.24, 2.45) is 0 Å². The van der Waals surface area contributed by atoms with Gasteiger partial charge in [0.1, 0.15) is 0 Å². The minimum Gasteiger partial charge on any atom is -0.488 e. The molecule has 3 heterocycles. The van der Waals surface area contributed by atoms with E-state index in [1.807, 2.05) is 4.90 Å². The number of carbonyl (C=O) groups excluding carboxylic acids is 1. The molecular weight excluding hydrogens is 450 g/mol. The average Bonchev–Trinajstić information content (AvgIpc) is 3.33. The van der Waals surface area contributed by atoms with Gasteiger partial charge in [-0.15, -0.1) is 10.2 Å². The maximum absolute atomic E-state index is 12.8. The van der Waals surface area contributed by atoms with Crippen LogP contribution in [-0.2, 0) is 0 Å². The highest BCUT2D eigenvalue weighted by Gasteiger charge is 2.39. The van der Waals surface area contributed by atoms with Crippen LogP contribution in [0.25, 0.3) is 0 Å². The summed E-state index contributed by atoms with van der Waals surface area (Å²) in [5.41, 5.74) is 0.369. The molecule has 0 spiro atoms. The summed E-state index contributed by atoms with van der Waals surface area (Å²) in [4.78, 5) is 27.3. The summed E-state index contributed by atoms with van der Waals surface area (Å²) in [6, 6.07) is 3.71. The van der Waals surface area contributed by atoms with Gasteiger partial charge in [0.25, 0.3) is 5.91 Å². The number of allylic oxidation sites excluding steroid dienone is 2. The van der Waals surface area contributed by atoms with Gasteiger partial charge in [-0.2, -0.15) is 5.26 Å². The summed E-state index contributed by atoms with van der Waals surface area (Å²) in [5.74, 6) is -0.834. The van der Waals surface area contributed by atoms with Crippen LogP contribution in [-0.4, -0.2) is 51.4 Å². The highest BCUT2D eigenvalue weighted by molar-refractivity contribution is 7.19. The van der Waals surface area contributed by atoms with Crippen molar-refractivity contribution in [3.8, 4) is 11.8 Å². The highest BCUT2D eigenvalue weighted by atomic mass is 32.1. The number of amides is 1. The van der Waals surface area contributed by atoms with Crippen molar-refractivity contribution in [3.05, 3.63) is 34.0 Å². The molecule has 3 N–H and O–H groups in total. The van der Waals surface area contributed by atoms with Gasteiger partial charge < -0.3 is 24.8 Å². The van der Waals surface area contributed by atoms with Gasteiger partial charge in [-0.3, -0.25) is 10.1 Å². The van der Waals surface area contributed by atoms with Gasteiger partial charge in [0.2, 0.25) is 16.0 Å². The lowest BCUT2D eigenvalue weighted by molar-refractivity contribution is 0.0991. The summed E-state index contributed by atoms with van der Waals surface area (Å²) in [6.45, 7) is 2.42. The van der Waals surface area contributed by atoms with E-state index < -0.39 is 11.5 Å². The molecule has 1 aliphatic heterocycles. The lowest BCUT2D eigenvalue weighted by Crippen LogP contribution is -2.45. The number of methoxy groups -OCH3 is 1. The zero-order chi connectivity index (χ0) is 23.3. The Labute approximate surface area is 191 Å². The van der Waals surface area contributed by atoms with E-state index in [4.69, 9.17) is 14.6 Å². The van der Waals surface area contributed by atoms with Crippen LogP contribution in [0, 0.1) is 16.7 Å². The maximum Gasteiger partial charge on any atom is 0.381 e. The van der Waals surface area contributed by atoms with E-state index in [1.165, 1.54) is 13.2 Å². The highest BCUT2D eigenvalue weighted by Crippen LogP contribution is 2.38. The quantitative estimate of drug-likeness (QED) is 0.379. The molecule has 168 valence electrons. The third-order valence-corrected chi connectivity index (χ3v) is 7.25. The Bertz CT molecular complexity index is 1160. The average molecular weight is 474 g/mol. The Morgan fingerprint density at radius 1 is 1.50 bits per heavy atom. The Balaban J connectivity index is 1.88. The largest absolute Gasteiger partial charge is 0.488 e. The lowest BCUT2D eigenvalue weighted by atomic mass is 10.1. The molecule has 13 heteroatoms. The summed E-state index contributed by atoms with van der Waals surface area (Å²) in [5, 5.41) is 30.0. The molecule has 3 rings (SSSR count). The van der Waals surface area contributed by atoms with E-state index in [-0.39, 0.29) is 21.8 Å². The van der Waals surface area contributed by atoms with Crippen LogP contribution >= 0.6 is 11.3 Å². The second-order valence-corrected chi connectivity index (χ2v) is 10.3. The second kappa shape index (κ2) is 9.75. The Hall–Kier alpha value is -3.50. The number of nitrogens with zero attached hydrogens (tertiary/aromatic N) is 4. The number of ether oxygens (including phenoxy) is 1. The summed E-state index contributed by atoms with van der Waals surface area (Å²) >= 11 is 1.09. The molecule has 0 unspecified atom stereocenters. The van der Waals surface area contributed by atoms with Gasteiger partial charge in [0.15, 0.2) is 5.76 Å². The van der Waals surface area contributed by atoms with Gasteiger partial charge in [-0.25, -0.2) is 4.79 Å². The van der Waals surface area contributed by atoms with Crippen LogP contribution in [0.3, 0.4) is 0 Å². The first kappa shape index (κ1) is 23.2. The van der Waals surface area contributed by atoms with E-state index >= 15 is 0 Å². The molecule has 32 heavy (non-hydrogen) atoms. The van der Waals surface area contributed by atoms with Gasteiger partial charge in [0, 0.05) is 39.9 Å². The molecule has 2 aromatic heterocycles. The lowest BCUT2D eigenvalue weighted by Gasteiger charge is -2.36. The predicted molar refractivity (Wildman–Crippen MR) is 125 cm³/mol. The van der Waals surface area contributed by atoms with Crippen LogP contribution in [0.2, 0.25) is 0 Å². The first-order valence-electron chi connectivity index (χ1n) is 9.77. The topological polar surface area (TPSA) is 157 Å².